The molecule has 0 spiro atoms. The van der Waals surface area contributed by atoms with Gasteiger partial charge in [0.15, 0.2) is 0 Å². The summed E-state index contributed by atoms with van der Waals surface area (Å²) in [6.07, 6.45) is 0. The Hall–Kier alpha value is -1.45. The molecular weight excluding hydrogens is 260 g/mol. The average Bonchev–Trinajstić information content (AvgIpc) is 2.74. The zero-order chi connectivity index (χ0) is 14.0. The summed E-state index contributed by atoms with van der Waals surface area (Å²) in [5, 5.41) is 0.709. The Balaban J connectivity index is 2.17. The number of rotatable bonds is 4. The van der Waals surface area contributed by atoms with Gasteiger partial charge in [-0.15, -0.1) is 0 Å². The van der Waals surface area contributed by atoms with E-state index in [0.29, 0.717) is 11.6 Å². The van der Waals surface area contributed by atoms with E-state index in [1.165, 1.54) is 0 Å². The number of hydrogen-bond donors (Lipinski definition) is 1. The minimum Gasteiger partial charge on any atom is -0.464 e. The standard InChI is InChI=1S/C15H19ClN2O/c1-10-4-6-13(19-10)9-18(3)15-7-5-12(11(2)17)8-14(15)16/h4-8,11H,9,17H2,1-3H3. The summed E-state index contributed by atoms with van der Waals surface area (Å²) in [4.78, 5) is 2.06. The Kier molecular flexibility index (Phi) is 4.17. The lowest BCUT2D eigenvalue weighted by Crippen LogP contribution is -2.16. The van der Waals surface area contributed by atoms with E-state index in [1.807, 2.05) is 51.2 Å². The van der Waals surface area contributed by atoms with Gasteiger partial charge in [-0.3, -0.25) is 0 Å². The minimum atomic E-state index is -0.00965. The van der Waals surface area contributed by atoms with Crippen molar-refractivity contribution in [1.29, 1.82) is 0 Å². The van der Waals surface area contributed by atoms with E-state index >= 15 is 0 Å². The van der Waals surface area contributed by atoms with Crippen LogP contribution in [0.1, 0.15) is 30.0 Å². The third-order valence-corrected chi connectivity index (χ3v) is 3.40. The monoisotopic (exact) mass is 278 g/mol. The highest BCUT2D eigenvalue weighted by Crippen LogP contribution is 2.29. The van der Waals surface area contributed by atoms with Crippen LogP contribution >= 0.6 is 11.6 Å². The topological polar surface area (TPSA) is 42.4 Å². The molecule has 3 nitrogen and oxygen atoms in total. The van der Waals surface area contributed by atoms with Crippen molar-refractivity contribution in [3.05, 3.63) is 52.4 Å². The van der Waals surface area contributed by atoms with E-state index in [0.717, 1.165) is 22.8 Å². The van der Waals surface area contributed by atoms with Crippen molar-refractivity contribution in [2.45, 2.75) is 26.4 Å². The lowest BCUT2D eigenvalue weighted by Gasteiger charge is -2.20. The molecule has 0 radical (unpaired) electrons. The molecule has 2 N–H and O–H groups in total. The van der Waals surface area contributed by atoms with Crippen LogP contribution in [0.2, 0.25) is 5.02 Å². The zero-order valence-corrected chi connectivity index (χ0v) is 12.2. The molecule has 0 bridgehead atoms. The van der Waals surface area contributed by atoms with Crippen molar-refractivity contribution < 1.29 is 4.42 Å². The Morgan fingerprint density at radius 2 is 2.05 bits per heavy atom. The van der Waals surface area contributed by atoms with Crippen molar-refractivity contribution in [1.82, 2.24) is 0 Å². The number of anilines is 1. The SMILES string of the molecule is Cc1ccc(CN(C)c2ccc(C(C)N)cc2Cl)o1. The highest BCUT2D eigenvalue weighted by molar-refractivity contribution is 6.33. The maximum Gasteiger partial charge on any atom is 0.123 e. The summed E-state index contributed by atoms with van der Waals surface area (Å²) in [5.41, 5.74) is 7.86. The summed E-state index contributed by atoms with van der Waals surface area (Å²) < 4.78 is 5.57. The number of nitrogens with two attached hydrogens (primary N) is 1. The Morgan fingerprint density at radius 3 is 2.58 bits per heavy atom. The predicted octanol–water partition coefficient (Wildman–Crippen LogP) is 3.90. The number of benzene rings is 1. The molecule has 102 valence electrons. The van der Waals surface area contributed by atoms with E-state index in [9.17, 15) is 0 Å². The smallest absolute Gasteiger partial charge is 0.123 e. The molecule has 0 saturated carbocycles. The van der Waals surface area contributed by atoms with Gasteiger partial charge in [0.1, 0.15) is 11.5 Å². The first kappa shape index (κ1) is 14.0. The van der Waals surface area contributed by atoms with Gasteiger partial charge in [-0.2, -0.15) is 0 Å². The number of halogens is 1. The second-order valence-corrected chi connectivity index (χ2v) is 5.28. The van der Waals surface area contributed by atoms with Crippen LogP contribution in [0, 0.1) is 6.92 Å². The van der Waals surface area contributed by atoms with Crippen molar-refractivity contribution in [3.63, 3.8) is 0 Å². The predicted molar refractivity (Wildman–Crippen MR) is 79.6 cm³/mol. The van der Waals surface area contributed by atoms with Crippen molar-refractivity contribution in [2.75, 3.05) is 11.9 Å². The lowest BCUT2D eigenvalue weighted by molar-refractivity contribution is 0.482. The van der Waals surface area contributed by atoms with Crippen molar-refractivity contribution >= 4 is 17.3 Å². The summed E-state index contributed by atoms with van der Waals surface area (Å²) in [5.74, 6) is 1.84. The summed E-state index contributed by atoms with van der Waals surface area (Å²) in [6.45, 7) is 4.57. The van der Waals surface area contributed by atoms with Gasteiger partial charge in [0.2, 0.25) is 0 Å². The fraction of sp³-hybridized carbons (Fsp3) is 0.333. The molecule has 19 heavy (non-hydrogen) atoms. The molecule has 2 aromatic rings. The van der Waals surface area contributed by atoms with E-state index in [2.05, 4.69) is 4.90 Å². The van der Waals surface area contributed by atoms with E-state index in [4.69, 9.17) is 21.8 Å². The van der Waals surface area contributed by atoms with Gasteiger partial charge in [-0.25, -0.2) is 0 Å². The van der Waals surface area contributed by atoms with Gasteiger partial charge >= 0.3 is 0 Å². The summed E-state index contributed by atoms with van der Waals surface area (Å²) in [7, 11) is 1.99. The highest BCUT2D eigenvalue weighted by atomic mass is 35.5. The first-order valence-electron chi connectivity index (χ1n) is 6.29. The second kappa shape index (κ2) is 5.68. The lowest BCUT2D eigenvalue weighted by atomic mass is 10.1. The largest absolute Gasteiger partial charge is 0.464 e. The molecular formula is C15H19ClN2O. The van der Waals surface area contributed by atoms with Crippen LogP contribution in [0.5, 0.6) is 0 Å². The van der Waals surface area contributed by atoms with E-state index < -0.39 is 0 Å². The third kappa shape index (κ3) is 3.31. The summed E-state index contributed by atoms with van der Waals surface area (Å²) in [6, 6.07) is 9.86. The third-order valence-electron chi connectivity index (χ3n) is 3.10. The normalized spacial score (nSPS) is 12.5. The van der Waals surface area contributed by atoms with Gasteiger partial charge < -0.3 is 15.1 Å². The fourth-order valence-corrected chi connectivity index (χ4v) is 2.34. The van der Waals surface area contributed by atoms with E-state index in [-0.39, 0.29) is 6.04 Å². The molecule has 0 aliphatic carbocycles. The van der Waals surface area contributed by atoms with Crippen LogP contribution in [-0.4, -0.2) is 7.05 Å². The molecule has 2 rings (SSSR count). The maximum atomic E-state index is 6.31. The van der Waals surface area contributed by atoms with Gasteiger partial charge in [0.05, 0.1) is 17.3 Å². The van der Waals surface area contributed by atoms with Crippen LogP contribution in [-0.2, 0) is 6.54 Å². The molecule has 1 aromatic carbocycles. The number of furan rings is 1. The van der Waals surface area contributed by atoms with Crippen LogP contribution in [0.25, 0.3) is 0 Å². The maximum absolute atomic E-state index is 6.31. The zero-order valence-electron chi connectivity index (χ0n) is 11.5. The Morgan fingerprint density at radius 1 is 1.32 bits per heavy atom. The second-order valence-electron chi connectivity index (χ2n) is 4.87. The molecule has 0 fully saturated rings. The molecule has 0 amide bonds. The molecule has 0 saturated heterocycles. The molecule has 1 atom stereocenters. The highest BCUT2D eigenvalue weighted by Gasteiger charge is 2.10. The molecule has 4 heteroatoms. The van der Waals surface area contributed by atoms with Crippen LogP contribution in [0.3, 0.4) is 0 Å². The van der Waals surface area contributed by atoms with Crippen LogP contribution in [0.15, 0.2) is 34.7 Å². The van der Waals surface area contributed by atoms with Crippen LogP contribution in [0.4, 0.5) is 5.69 Å². The molecule has 1 heterocycles. The number of hydrogen-bond acceptors (Lipinski definition) is 3. The molecule has 0 aliphatic rings. The van der Waals surface area contributed by atoms with Gasteiger partial charge in [-0.05, 0) is 43.7 Å². The van der Waals surface area contributed by atoms with Crippen molar-refractivity contribution in [3.8, 4) is 0 Å². The molecule has 1 aromatic heterocycles. The Labute approximate surface area is 119 Å². The quantitative estimate of drug-likeness (QED) is 0.922. The fourth-order valence-electron chi connectivity index (χ4n) is 2.00. The Bertz CT molecular complexity index is 563. The van der Waals surface area contributed by atoms with Crippen molar-refractivity contribution in [2.24, 2.45) is 5.73 Å². The van der Waals surface area contributed by atoms with Gasteiger partial charge in [0, 0.05) is 13.1 Å². The van der Waals surface area contributed by atoms with Gasteiger partial charge in [0.25, 0.3) is 0 Å². The summed E-state index contributed by atoms with van der Waals surface area (Å²) >= 11 is 6.31. The van der Waals surface area contributed by atoms with Crippen LogP contribution < -0.4 is 10.6 Å². The first-order chi connectivity index (χ1) is 8.97. The number of nitrogens with zero attached hydrogens (tertiary/aromatic N) is 1. The minimum absolute atomic E-state index is 0.00965. The first-order valence-corrected chi connectivity index (χ1v) is 6.66. The molecule has 1 unspecified atom stereocenters. The molecule has 0 aliphatic heterocycles. The number of aryl methyl sites for hydroxylation is 1. The van der Waals surface area contributed by atoms with E-state index in [1.54, 1.807) is 0 Å². The van der Waals surface area contributed by atoms with Gasteiger partial charge in [-0.1, -0.05) is 17.7 Å². The average molecular weight is 279 g/mol.